The number of nitrogens with zero attached hydrogens (tertiary/aromatic N) is 2. The average Bonchev–Trinajstić information content (AvgIpc) is 2.86. The summed E-state index contributed by atoms with van der Waals surface area (Å²) in [6.07, 6.45) is 1.04. The second kappa shape index (κ2) is 6.83. The molecule has 0 radical (unpaired) electrons. The minimum atomic E-state index is -3.99. The quantitative estimate of drug-likeness (QED) is 0.768. The van der Waals surface area contributed by atoms with E-state index in [1.807, 2.05) is 0 Å². The second-order valence-corrected chi connectivity index (χ2v) is 7.08. The summed E-state index contributed by atoms with van der Waals surface area (Å²) in [5, 5.41) is 5.99. The fourth-order valence-electron chi connectivity index (χ4n) is 1.56. The summed E-state index contributed by atoms with van der Waals surface area (Å²) < 4.78 is 31.4. The lowest BCUT2D eigenvalue weighted by Crippen LogP contribution is -2.41. The van der Waals surface area contributed by atoms with Gasteiger partial charge in [0.1, 0.15) is 15.8 Å². The molecule has 0 bridgehead atoms. The molecular weight excluding hydrogens is 367 g/mol. The number of hydrogen-bond donors (Lipinski definition) is 2. The highest BCUT2D eigenvalue weighted by Gasteiger charge is 2.23. The van der Waals surface area contributed by atoms with Crippen LogP contribution in [0.15, 0.2) is 27.7 Å². The van der Waals surface area contributed by atoms with E-state index < -0.39 is 22.0 Å². The lowest BCUT2D eigenvalue weighted by Gasteiger charge is -2.13. The number of rotatable bonds is 5. The summed E-state index contributed by atoms with van der Waals surface area (Å²) in [5.74, 6) is 0.0973. The van der Waals surface area contributed by atoms with Crippen LogP contribution in [0.5, 0.6) is 0 Å². The van der Waals surface area contributed by atoms with E-state index in [0.717, 1.165) is 12.3 Å². The Morgan fingerprint density at radius 2 is 2.04 bits per heavy atom. The van der Waals surface area contributed by atoms with Gasteiger partial charge in [0.15, 0.2) is 5.82 Å². The van der Waals surface area contributed by atoms with Crippen molar-refractivity contribution in [3.63, 3.8) is 0 Å². The van der Waals surface area contributed by atoms with Gasteiger partial charge in [-0.2, -0.15) is 4.72 Å². The minimum Gasteiger partial charge on any atom is -0.360 e. The van der Waals surface area contributed by atoms with Crippen LogP contribution in [0.1, 0.15) is 12.7 Å². The van der Waals surface area contributed by atoms with Gasteiger partial charge in [0, 0.05) is 12.3 Å². The lowest BCUT2D eigenvalue weighted by molar-refractivity contribution is -0.117. The normalized spacial score (nSPS) is 12.9. The fraction of sp³-hybridized carbons (Fsp3) is 0.250. The Kier molecular flexibility index (Phi) is 5.25. The molecule has 2 aromatic heterocycles. The third kappa shape index (κ3) is 4.41. The van der Waals surface area contributed by atoms with Crippen LogP contribution in [0.4, 0.5) is 5.82 Å². The zero-order valence-corrected chi connectivity index (χ0v) is 14.3. The first-order chi connectivity index (χ1) is 10.7. The molecule has 8 nitrogen and oxygen atoms in total. The summed E-state index contributed by atoms with van der Waals surface area (Å²) in [6, 6.07) is 1.58. The second-order valence-electron chi connectivity index (χ2n) is 4.60. The van der Waals surface area contributed by atoms with E-state index in [0.29, 0.717) is 5.76 Å². The minimum absolute atomic E-state index is 0.00952. The van der Waals surface area contributed by atoms with Crippen LogP contribution >= 0.6 is 23.2 Å². The monoisotopic (exact) mass is 378 g/mol. The number of hydrogen-bond acceptors (Lipinski definition) is 6. The zero-order valence-electron chi connectivity index (χ0n) is 12.0. The van der Waals surface area contributed by atoms with Crippen LogP contribution in [0, 0.1) is 6.92 Å². The summed E-state index contributed by atoms with van der Waals surface area (Å²) in [7, 11) is -3.99. The zero-order chi connectivity index (χ0) is 17.2. The summed E-state index contributed by atoms with van der Waals surface area (Å²) in [6.45, 7) is 3.04. The molecule has 2 N–H and O–H groups in total. The molecule has 0 aliphatic rings. The predicted octanol–water partition coefficient (Wildman–Crippen LogP) is 1.99. The van der Waals surface area contributed by atoms with Crippen LogP contribution in [-0.2, 0) is 14.8 Å². The standard InChI is InChI=1S/C12H12Cl2N4O4S/c1-6-3-10(17-22-6)16-12(19)7(2)18-23(20,21)8-4-9(13)11(14)15-5-8/h3-5,7,18H,1-2H3,(H,16,17,19)/t7-/m1/s1. The highest BCUT2D eigenvalue weighted by atomic mass is 35.5. The van der Waals surface area contributed by atoms with Crippen LogP contribution in [-0.4, -0.2) is 30.5 Å². The molecule has 2 rings (SSSR count). The van der Waals surface area contributed by atoms with Crippen molar-refractivity contribution < 1.29 is 17.7 Å². The molecule has 0 aromatic carbocycles. The third-order valence-corrected chi connectivity index (χ3v) is 4.88. The van der Waals surface area contributed by atoms with E-state index in [1.54, 1.807) is 6.92 Å². The number of amides is 1. The number of aromatic nitrogens is 2. The number of anilines is 1. The molecule has 1 amide bonds. The molecule has 2 heterocycles. The molecule has 0 aliphatic heterocycles. The van der Waals surface area contributed by atoms with E-state index in [1.165, 1.54) is 13.0 Å². The summed E-state index contributed by atoms with van der Waals surface area (Å²) in [5.41, 5.74) is 0. The summed E-state index contributed by atoms with van der Waals surface area (Å²) in [4.78, 5) is 15.4. The molecule has 0 aliphatic carbocycles. The third-order valence-electron chi connectivity index (χ3n) is 2.69. The number of halogens is 2. The van der Waals surface area contributed by atoms with Crippen LogP contribution in [0.2, 0.25) is 10.2 Å². The van der Waals surface area contributed by atoms with Gasteiger partial charge in [-0.15, -0.1) is 0 Å². The van der Waals surface area contributed by atoms with Gasteiger partial charge in [-0.05, 0) is 19.9 Å². The molecule has 0 fully saturated rings. The molecule has 23 heavy (non-hydrogen) atoms. The number of sulfonamides is 1. The van der Waals surface area contributed by atoms with Gasteiger partial charge in [-0.1, -0.05) is 28.4 Å². The van der Waals surface area contributed by atoms with Gasteiger partial charge in [-0.25, -0.2) is 13.4 Å². The Hall–Kier alpha value is -1.68. The first-order valence-electron chi connectivity index (χ1n) is 6.26. The number of aryl methyl sites for hydroxylation is 1. The van der Waals surface area contributed by atoms with E-state index >= 15 is 0 Å². The molecule has 2 aromatic rings. The molecule has 0 saturated carbocycles. The van der Waals surface area contributed by atoms with Crippen molar-refractivity contribution in [1.29, 1.82) is 0 Å². The maximum atomic E-state index is 12.2. The first-order valence-corrected chi connectivity index (χ1v) is 8.50. The maximum absolute atomic E-state index is 12.2. The van der Waals surface area contributed by atoms with Crippen LogP contribution in [0.3, 0.4) is 0 Å². The van der Waals surface area contributed by atoms with Crippen LogP contribution < -0.4 is 10.0 Å². The van der Waals surface area contributed by atoms with Gasteiger partial charge in [0.25, 0.3) is 0 Å². The van der Waals surface area contributed by atoms with Gasteiger partial charge >= 0.3 is 0 Å². The molecule has 11 heteroatoms. The van der Waals surface area contributed by atoms with Crippen molar-refractivity contribution in [2.75, 3.05) is 5.32 Å². The SMILES string of the molecule is Cc1cc(NC(=O)[C@@H](C)NS(=O)(=O)c2cnc(Cl)c(Cl)c2)no1. The Labute approximate surface area is 142 Å². The Balaban J connectivity index is 2.09. The first kappa shape index (κ1) is 17.7. The number of carbonyl (C=O) groups is 1. The molecule has 1 atom stereocenters. The van der Waals surface area contributed by atoms with Crippen molar-refractivity contribution in [3.05, 3.63) is 34.3 Å². The van der Waals surface area contributed by atoms with Gasteiger partial charge in [0.05, 0.1) is 11.1 Å². The fourth-order valence-corrected chi connectivity index (χ4v) is 3.07. The Morgan fingerprint density at radius 1 is 1.35 bits per heavy atom. The largest absolute Gasteiger partial charge is 0.360 e. The number of nitrogens with one attached hydrogen (secondary N) is 2. The summed E-state index contributed by atoms with van der Waals surface area (Å²) >= 11 is 11.4. The maximum Gasteiger partial charge on any atom is 0.243 e. The Morgan fingerprint density at radius 3 is 2.61 bits per heavy atom. The van der Waals surface area contributed by atoms with Gasteiger partial charge < -0.3 is 9.84 Å². The highest BCUT2D eigenvalue weighted by Crippen LogP contribution is 2.22. The van der Waals surface area contributed by atoms with Gasteiger partial charge in [-0.3, -0.25) is 4.79 Å². The van der Waals surface area contributed by atoms with Crippen molar-refractivity contribution in [2.45, 2.75) is 24.8 Å². The molecular formula is C12H12Cl2N4O4S. The van der Waals surface area contributed by atoms with Crippen LogP contribution in [0.25, 0.3) is 0 Å². The van der Waals surface area contributed by atoms with E-state index in [4.69, 9.17) is 27.7 Å². The average molecular weight is 379 g/mol. The molecule has 0 spiro atoms. The van der Waals surface area contributed by atoms with Crippen molar-refractivity contribution in [3.8, 4) is 0 Å². The Bertz CT molecular complexity index is 837. The molecule has 0 unspecified atom stereocenters. The van der Waals surface area contributed by atoms with E-state index in [2.05, 4.69) is 20.2 Å². The van der Waals surface area contributed by atoms with Gasteiger partial charge in [0.2, 0.25) is 15.9 Å². The van der Waals surface area contributed by atoms with Crippen molar-refractivity contribution in [2.24, 2.45) is 0 Å². The number of carbonyl (C=O) groups excluding carboxylic acids is 1. The lowest BCUT2D eigenvalue weighted by atomic mass is 10.3. The predicted molar refractivity (Wildman–Crippen MR) is 83.9 cm³/mol. The smallest absolute Gasteiger partial charge is 0.243 e. The molecule has 124 valence electrons. The van der Waals surface area contributed by atoms with E-state index in [9.17, 15) is 13.2 Å². The van der Waals surface area contributed by atoms with Crippen molar-refractivity contribution >= 4 is 45.0 Å². The highest BCUT2D eigenvalue weighted by molar-refractivity contribution is 7.89. The van der Waals surface area contributed by atoms with Crippen molar-refractivity contribution in [1.82, 2.24) is 14.9 Å². The topological polar surface area (TPSA) is 114 Å². The molecule has 0 saturated heterocycles. The van der Waals surface area contributed by atoms with E-state index in [-0.39, 0.29) is 20.9 Å². The number of pyridine rings is 1.